The summed E-state index contributed by atoms with van der Waals surface area (Å²) < 4.78 is 24.2. The lowest BCUT2D eigenvalue weighted by Gasteiger charge is -2.11. The van der Waals surface area contributed by atoms with Crippen molar-refractivity contribution < 1.29 is 18.7 Å². The van der Waals surface area contributed by atoms with Crippen LogP contribution < -0.4 is 5.73 Å². The zero-order valence-electron chi connectivity index (χ0n) is 8.98. The van der Waals surface area contributed by atoms with Crippen LogP contribution in [0.3, 0.4) is 0 Å². The first-order valence-electron chi connectivity index (χ1n) is 4.98. The summed E-state index contributed by atoms with van der Waals surface area (Å²) in [7, 11) is 0. The van der Waals surface area contributed by atoms with Gasteiger partial charge in [-0.1, -0.05) is 18.2 Å². The van der Waals surface area contributed by atoms with Gasteiger partial charge in [-0.05, 0) is 18.1 Å². The third-order valence-electron chi connectivity index (χ3n) is 2.09. The van der Waals surface area contributed by atoms with Crippen molar-refractivity contribution in [3.8, 4) is 0 Å². The summed E-state index contributed by atoms with van der Waals surface area (Å²) in [6, 6.07) is 5.84. The molecule has 1 aromatic carbocycles. The van der Waals surface area contributed by atoms with Gasteiger partial charge in [-0.2, -0.15) is 0 Å². The summed E-state index contributed by atoms with van der Waals surface area (Å²) in [4.78, 5) is 11.3. The molecule has 0 spiro atoms. The van der Waals surface area contributed by atoms with Crippen LogP contribution in [0.25, 0.3) is 0 Å². The summed E-state index contributed by atoms with van der Waals surface area (Å²) in [5, 5.41) is 8.70. The van der Waals surface area contributed by atoms with Gasteiger partial charge in [-0.25, -0.2) is 8.78 Å². The fourth-order valence-corrected chi connectivity index (χ4v) is 2.11. The number of hydrogen-bond acceptors (Lipinski definition) is 3. The van der Waals surface area contributed by atoms with Crippen LogP contribution in [0.15, 0.2) is 29.2 Å². The molecule has 0 heterocycles. The van der Waals surface area contributed by atoms with Crippen molar-refractivity contribution in [2.45, 2.75) is 23.8 Å². The van der Waals surface area contributed by atoms with Crippen molar-refractivity contribution in [3.05, 3.63) is 29.8 Å². The molecule has 0 amide bonds. The summed E-state index contributed by atoms with van der Waals surface area (Å²) in [6.07, 6.45) is -2.25. The van der Waals surface area contributed by atoms with E-state index in [1.807, 2.05) is 0 Å². The smallest absolute Gasteiger partial charge is 0.320 e. The molecule has 0 saturated heterocycles. The Morgan fingerprint density at radius 2 is 2.06 bits per heavy atom. The average Bonchev–Trinajstić information content (AvgIpc) is 2.27. The normalized spacial score (nSPS) is 12.7. The Bertz CT molecular complexity index is 387. The van der Waals surface area contributed by atoms with E-state index >= 15 is 0 Å². The molecule has 0 radical (unpaired) electrons. The van der Waals surface area contributed by atoms with Crippen molar-refractivity contribution in [1.82, 2.24) is 0 Å². The monoisotopic (exact) mass is 261 g/mol. The van der Waals surface area contributed by atoms with Gasteiger partial charge in [0.15, 0.2) is 0 Å². The Hall–Kier alpha value is -1.14. The molecule has 1 unspecified atom stereocenters. The molecule has 0 aliphatic rings. The van der Waals surface area contributed by atoms with Crippen LogP contribution >= 0.6 is 11.8 Å². The van der Waals surface area contributed by atoms with Crippen molar-refractivity contribution >= 4 is 17.7 Å². The van der Waals surface area contributed by atoms with Crippen LogP contribution in [0, 0.1) is 0 Å². The first kappa shape index (κ1) is 13.9. The van der Waals surface area contributed by atoms with Gasteiger partial charge in [0.25, 0.3) is 0 Å². The quantitative estimate of drug-likeness (QED) is 0.769. The van der Waals surface area contributed by atoms with Crippen LogP contribution in [0.5, 0.6) is 0 Å². The van der Waals surface area contributed by atoms with Gasteiger partial charge in [0.2, 0.25) is 6.43 Å². The first-order chi connectivity index (χ1) is 8.00. The molecule has 0 aliphatic carbocycles. The van der Waals surface area contributed by atoms with E-state index in [2.05, 4.69) is 0 Å². The third kappa shape index (κ3) is 4.70. The molecule has 94 valence electrons. The van der Waals surface area contributed by atoms with E-state index < -0.39 is 18.4 Å². The lowest BCUT2D eigenvalue weighted by Crippen LogP contribution is -2.32. The number of alkyl halides is 2. The SMILES string of the molecule is NC(Cc1ccccc1SCC(F)F)C(=O)O. The Balaban J connectivity index is 2.73. The minimum atomic E-state index is -2.39. The fourth-order valence-electron chi connectivity index (χ4n) is 1.29. The Morgan fingerprint density at radius 1 is 1.41 bits per heavy atom. The highest BCUT2D eigenvalue weighted by atomic mass is 32.2. The maximum atomic E-state index is 12.1. The minimum Gasteiger partial charge on any atom is -0.480 e. The molecule has 1 aromatic rings. The molecule has 0 fully saturated rings. The van der Waals surface area contributed by atoms with Gasteiger partial charge in [0, 0.05) is 4.90 Å². The van der Waals surface area contributed by atoms with Gasteiger partial charge >= 0.3 is 5.97 Å². The summed E-state index contributed by atoms with van der Waals surface area (Å²) in [5.74, 6) is -1.40. The molecule has 1 atom stereocenters. The fraction of sp³-hybridized carbons (Fsp3) is 0.364. The minimum absolute atomic E-state index is 0.141. The van der Waals surface area contributed by atoms with Gasteiger partial charge in [-0.15, -0.1) is 11.8 Å². The van der Waals surface area contributed by atoms with Gasteiger partial charge in [0.1, 0.15) is 6.04 Å². The van der Waals surface area contributed by atoms with E-state index in [-0.39, 0.29) is 12.2 Å². The number of nitrogens with two attached hydrogens (primary N) is 1. The number of carboxylic acids is 1. The lowest BCUT2D eigenvalue weighted by molar-refractivity contribution is -0.138. The number of hydrogen-bond donors (Lipinski definition) is 2. The van der Waals surface area contributed by atoms with Crippen LogP contribution in [0.4, 0.5) is 8.78 Å². The molecule has 1 rings (SSSR count). The molecule has 6 heteroatoms. The Morgan fingerprint density at radius 3 is 2.65 bits per heavy atom. The lowest BCUT2D eigenvalue weighted by atomic mass is 10.1. The number of rotatable bonds is 6. The van der Waals surface area contributed by atoms with Crippen LogP contribution in [0.1, 0.15) is 5.56 Å². The molecule has 3 N–H and O–H groups in total. The summed E-state index contributed by atoms with van der Waals surface area (Å²) in [6.45, 7) is 0. The number of carboxylic acid groups (broad SMARTS) is 1. The van der Waals surface area contributed by atoms with E-state index in [0.717, 1.165) is 11.8 Å². The van der Waals surface area contributed by atoms with Gasteiger partial charge in [-0.3, -0.25) is 4.79 Å². The maximum Gasteiger partial charge on any atom is 0.320 e. The second-order valence-electron chi connectivity index (χ2n) is 3.46. The second kappa shape index (κ2) is 6.56. The molecule has 0 aromatic heterocycles. The molecule has 3 nitrogen and oxygen atoms in total. The topological polar surface area (TPSA) is 63.3 Å². The van der Waals surface area contributed by atoms with Crippen LogP contribution in [0.2, 0.25) is 0 Å². The highest BCUT2D eigenvalue weighted by molar-refractivity contribution is 7.99. The van der Waals surface area contributed by atoms with Gasteiger partial charge in [0.05, 0.1) is 5.75 Å². The third-order valence-corrected chi connectivity index (χ3v) is 3.22. The Kier molecular flexibility index (Phi) is 5.37. The van der Waals surface area contributed by atoms with Crippen molar-refractivity contribution in [3.63, 3.8) is 0 Å². The van der Waals surface area contributed by atoms with Gasteiger partial charge < -0.3 is 10.8 Å². The van der Waals surface area contributed by atoms with E-state index in [1.54, 1.807) is 24.3 Å². The van der Waals surface area contributed by atoms with Crippen LogP contribution in [-0.2, 0) is 11.2 Å². The van der Waals surface area contributed by atoms with Crippen molar-refractivity contribution in [2.75, 3.05) is 5.75 Å². The highest BCUT2D eigenvalue weighted by Crippen LogP contribution is 2.25. The second-order valence-corrected chi connectivity index (χ2v) is 4.52. The largest absolute Gasteiger partial charge is 0.480 e. The summed E-state index contributed by atoms with van der Waals surface area (Å²) in [5.41, 5.74) is 6.10. The molecule has 0 bridgehead atoms. The molecule has 0 saturated carbocycles. The number of halogens is 2. The zero-order valence-corrected chi connectivity index (χ0v) is 9.79. The molecular formula is C11H13F2NO2S. The van der Waals surface area contributed by atoms with E-state index in [9.17, 15) is 13.6 Å². The van der Waals surface area contributed by atoms with Crippen LogP contribution in [-0.4, -0.2) is 29.3 Å². The number of aliphatic carboxylic acids is 1. The number of carbonyl (C=O) groups is 1. The molecule has 17 heavy (non-hydrogen) atoms. The van der Waals surface area contributed by atoms with Crippen molar-refractivity contribution in [2.24, 2.45) is 5.73 Å². The predicted molar refractivity (Wildman–Crippen MR) is 62.5 cm³/mol. The molecular weight excluding hydrogens is 248 g/mol. The standard InChI is InChI=1S/C11H13F2NO2S/c12-10(13)6-17-9-4-2-1-3-7(9)5-8(14)11(15)16/h1-4,8,10H,5-6,14H2,(H,15,16). The predicted octanol–water partition coefficient (Wildman–Crippen LogP) is 2.00. The number of benzene rings is 1. The van der Waals surface area contributed by atoms with Crippen molar-refractivity contribution in [1.29, 1.82) is 0 Å². The van der Waals surface area contributed by atoms with E-state index in [4.69, 9.17) is 10.8 Å². The summed E-state index contributed by atoms with van der Waals surface area (Å²) >= 11 is 1.01. The number of thioether (sulfide) groups is 1. The zero-order chi connectivity index (χ0) is 12.8. The highest BCUT2D eigenvalue weighted by Gasteiger charge is 2.15. The average molecular weight is 261 g/mol. The maximum absolute atomic E-state index is 12.1. The van der Waals surface area contributed by atoms with E-state index in [0.29, 0.717) is 10.5 Å². The van der Waals surface area contributed by atoms with E-state index in [1.165, 1.54) is 0 Å². The molecule has 0 aliphatic heterocycles. The Labute approximate surface area is 102 Å². The first-order valence-corrected chi connectivity index (χ1v) is 5.96.